The molecule has 0 unspecified atom stereocenters. The molecule has 1 aromatic carbocycles. The topological polar surface area (TPSA) is 29.1 Å². The number of fused-ring (bicyclic) bond motifs is 1. The van der Waals surface area contributed by atoms with Gasteiger partial charge in [0.2, 0.25) is 5.91 Å². The Hall–Kier alpha value is -0.610. The van der Waals surface area contributed by atoms with Crippen molar-refractivity contribution in [3.8, 4) is 0 Å². The zero-order valence-corrected chi connectivity index (χ0v) is 14.0. The third kappa shape index (κ3) is 4.43. The average Bonchev–Trinajstić information content (AvgIpc) is 3.14. The predicted molar refractivity (Wildman–Crippen MR) is 94.0 cm³/mol. The van der Waals surface area contributed by atoms with Gasteiger partial charge in [-0.3, -0.25) is 4.79 Å². The standard InChI is InChI=1S/C17H23NOS2/c19-17(7-2-1-6-16-10-11-20-21-16)18-15-9-8-13-4-3-5-14(13)12-15/h8-9,12,16H,1-7,10-11H2,(H,18,19)/t16-/m0/s1. The van der Waals surface area contributed by atoms with Crippen LogP contribution in [0.15, 0.2) is 18.2 Å². The van der Waals surface area contributed by atoms with Crippen molar-refractivity contribution in [3.63, 3.8) is 0 Å². The molecular formula is C17H23NOS2. The average molecular weight is 322 g/mol. The molecule has 1 aromatic rings. The van der Waals surface area contributed by atoms with E-state index >= 15 is 0 Å². The molecule has 1 fully saturated rings. The first-order valence-corrected chi connectivity index (χ1v) is 10.4. The van der Waals surface area contributed by atoms with Gasteiger partial charge in [0.25, 0.3) is 0 Å². The monoisotopic (exact) mass is 321 g/mol. The van der Waals surface area contributed by atoms with Crippen LogP contribution in [0.1, 0.15) is 49.7 Å². The molecule has 2 aliphatic rings. The van der Waals surface area contributed by atoms with Crippen LogP contribution in [0.2, 0.25) is 0 Å². The van der Waals surface area contributed by atoms with E-state index < -0.39 is 0 Å². The van der Waals surface area contributed by atoms with E-state index in [1.807, 2.05) is 21.6 Å². The fourth-order valence-electron chi connectivity index (χ4n) is 3.10. The van der Waals surface area contributed by atoms with Gasteiger partial charge in [-0.15, -0.1) is 0 Å². The first kappa shape index (κ1) is 15.3. The smallest absolute Gasteiger partial charge is 0.224 e. The molecule has 1 amide bonds. The van der Waals surface area contributed by atoms with Crippen LogP contribution in [-0.4, -0.2) is 16.9 Å². The van der Waals surface area contributed by atoms with Gasteiger partial charge in [0, 0.05) is 23.1 Å². The fraction of sp³-hybridized carbons (Fsp3) is 0.588. The van der Waals surface area contributed by atoms with Crippen molar-refractivity contribution in [1.82, 2.24) is 0 Å². The van der Waals surface area contributed by atoms with Crippen molar-refractivity contribution in [3.05, 3.63) is 29.3 Å². The summed E-state index contributed by atoms with van der Waals surface area (Å²) in [6.07, 6.45) is 9.07. The zero-order valence-electron chi connectivity index (χ0n) is 12.4. The third-order valence-corrected chi connectivity index (χ3v) is 7.30. The summed E-state index contributed by atoms with van der Waals surface area (Å²) in [7, 11) is 4.03. The van der Waals surface area contributed by atoms with Gasteiger partial charge in [-0.1, -0.05) is 34.1 Å². The lowest BCUT2D eigenvalue weighted by molar-refractivity contribution is -0.116. The molecular weight excluding hydrogens is 298 g/mol. The lowest BCUT2D eigenvalue weighted by atomic mass is 10.1. The highest BCUT2D eigenvalue weighted by atomic mass is 33.1. The molecule has 1 saturated heterocycles. The number of hydrogen-bond donors (Lipinski definition) is 1. The number of carbonyl (C=O) groups excluding carboxylic acids is 1. The van der Waals surface area contributed by atoms with Crippen molar-refractivity contribution < 1.29 is 4.79 Å². The normalized spacial score (nSPS) is 20.5. The molecule has 1 atom stereocenters. The molecule has 1 aliphatic heterocycles. The zero-order chi connectivity index (χ0) is 14.5. The summed E-state index contributed by atoms with van der Waals surface area (Å²) in [5, 5.41) is 3.88. The molecule has 3 rings (SSSR count). The van der Waals surface area contributed by atoms with Crippen LogP contribution < -0.4 is 5.32 Å². The Morgan fingerprint density at radius 3 is 3.00 bits per heavy atom. The summed E-state index contributed by atoms with van der Waals surface area (Å²) in [5.41, 5.74) is 3.85. The SMILES string of the molecule is O=C(CCCC[C@H]1CCSS1)Nc1ccc2c(c1)CCC2. The van der Waals surface area contributed by atoms with Gasteiger partial charge < -0.3 is 5.32 Å². The summed E-state index contributed by atoms with van der Waals surface area (Å²) >= 11 is 0. The number of rotatable bonds is 6. The van der Waals surface area contributed by atoms with Gasteiger partial charge in [0.1, 0.15) is 0 Å². The van der Waals surface area contributed by atoms with Crippen molar-refractivity contribution >= 4 is 33.2 Å². The molecule has 0 saturated carbocycles. The van der Waals surface area contributed by atoms with Crippen molar-refractivity contribution in [2.75, 3.05) is 11.1 Å². The van der Waals surface area contributed by atoms with E-state index in [-0.39, 0.29) is 5.91 Å². The maximum Gasteiger partial charge on any atom is 0.224 e. The van der Waals surface area contributed by atoms with Crippen LogP contribution in [0.25, 0.3) is 0 Å². The van der Waals surface area contributed by atoms with Gasteiger partial charge in [-0.25, -0.2) is 0 Å². The van der Waals surface area contributed by atoms with E-state index in [9.17, 15) is 4.79 Å². The molecule has 114 valence electrons. The Morgan fingerprint density at radius 2 is 2.14 bits per heavy atom. The van der Waals surface area contributed by atoms with E-state index in [1.165, 1.54) is 49.0 Å². The predicted octanol–water partition coefficient (Wildman–Crippen LogP) is 4.83. The van der Waals surface area contributed by atoms with Gasteiger partial charge in [-0.2, -0.15) is 0 Å². The molecule has 0 bridgehead atoms. The summed E-state index contributed by atoms with van der Waals surface area (Å²) in [5.74, 6) is 1.47. The van der Waals surface area contributed by atoms with Crippen LogP contribution in [0.3, 0.4) is 0 Å². The highest BCUT2D eigenvalue weighted by Crippen LogP contribution is 2.39. The number of hydrogen-bond acceptors (Lipinski definition) is 3. The van der Waals surface area contributed by atoms with Crippen LogP contribution in [0, 0.1) is 0 Å². The fourth-order valence-corrected chi connectivity index (χ4v) is 6.12. The van der Waals surface area contributed by atoms with E-state index in [0.717, 1.165) is 23.8 Å². The van der Waals surface area contributed by atoms with E-state index in [0.29, 0.717) is 6.42 Å². The summed E-state index contributed by atoms with van der Waals surface area (Å²) in [6.45, 7) is 0. The molecule has 0 spiro atoms. The van der Waals surface area contributed by atoms with Gasteiger partial charge in [0.05, 0.1) is 0 Å². The second-order valence-corrected chi connectivity index (χ2v) is 8.75. The minimum absolute atomic E-state index is 0.168. The number of unbranched alkanes of at least 4 members (excludes halogenated alkanes) is 1. The largest absolute Gasteiger partial charge is 0.326 e. The maximum absolute atomic E-state index is 12.0. The molecule has 0 radical (unpaired) electrons. The minimum Gasteiger partial charge on any atom is -0.326 e. The third-order valence-electron chi connectivity index (χ3n) is 4.29. The summed E-state index contributed by atoms with van der Waals surface area (Å²) in [6, 6.07) is 6.38. The first-order valence-electron chi connectivity index (χ1n) is 8.01. The lowest BCUT2D eigenvalue weighted by Gasteiger charge is -2.09. The van der Waals surface area contributed by atoms with E-state index in [1.54, 1.807) is 0 Å². The highest BCUT2D eigenvalue weighted by molar-refractivity contribution is 8.77. The van der Waals surface area contributed by atoms with Crippen molar-refractivity contribution in [2.45, 2.75) is 56.6 Å². The Morgan fingerprint density at radius 1 is 1.24 bits per heavy atom. The molecule has 4 heteroatoms. The molecule has 1 N–H and O–H groups in total. The Labute approximate surface area is 135 Å². The molecule has 1 aliphatic carbocycles. The Bertz CT molecular complexity index is 498. The Kier molecular flexibility index (Phi) is 5.53. The van der Waals surface area contributed by atoms with Crippen LogP contribution in [-0.2, 0) is 17.6 Å². The first-order chi connectivity index (χ1) is 10.3. The van der Waals surface area contributed by atoms with Gasteiger partial charge in [-0.05, 0) is 61.8 Å². The number of aryl methyl sites for hydroxylation is 2. The minimum atomic E-state index is 0.168. The van der Waals surface area contributed by atoms with Gasteiger partial charge >= 0.3 is 0 Å². The number of anilines is 1. The van der Waals surface area contributed by atoms with Crippen molar-refractivity contribution in [2.24, 2.45) is 0 Å². The maximum atomic E-state index is 12.0. The highest BCUT2D eigenvalue weighted by Gasteiger charge is 2.16. The quantitative estimate of drug-likeness (QED) is 0.601. The number of nitrogens with one attached hydrogen (secondary N) is 1. The van der Waals surface area contributed by atoms with Crippen LogP contribution in [0.4, 0.5) is 5.69 Å². The van der Waals surface area contributed by atoms with E-state index in [4.69, 9.17) is 0 Å². The number of carbonyl (C=O) groups is 1. The summed E-state index contributed by atoms with van der Waals surface area (Å²) in [4.78, 5) is 12.0. The van der Waals surface area contributed by atoms with E-state index in [2.05, 4.69) is 23.5 Å². The lowest BCUT2D eigenvalue weighted by Crippen LogP contribution is -2.11. The number of benzene rings is 1. The van der Waals surface area contributed by atoms with Gasteiger partial charge in [0.15, 0.2) is 0 Å². The van der Waals surface area contributed by atoms with Crippen LogP contribution in [0.5, 0.6) is 0 Å². The second kappa shape index (κ2) is 7.59. The number of amides is 1. The molecule has 0 aromatic heterocycles. The summed E-state index contributed by atoms with van der Waals surface area (Å²) < 4.78 is 0. The molecule has 21 heavy (non-hydrogen) atoms. The molecule has 2 nitrogen and oxygen atoms in total. The second-order valence-electron chi connectivity index (χ2n) is 5.96. The van der Waals surface area contributed by atoms with Crippen molar-refractivity contribution in [1.29, 1.82) is 0 Å². The molecule has 1 heterocycles. The van der Waals surface area contributed by atoms with Crippen LogP contribution >= 0.6 is 21.6 Å². The Balaban J connectivity index is 1.37.